The van der Waals surface area contributed by atoms with Crippen LogP contribution in [-0.4, -0.2) is 49.2 Å². The molecular weight excluding hydrogens is 393 g/mol. The molecule has 1 aromatic heterocycles. The Balaban J connectivity index is 0.00000205. The Labute approximate surface area is 190 Å². The van der Waals surface area contributed by atoms with Crippen LogP contribution in [0, 0.1) is 6.92 Å². The molecule has 139 valence electrons. The van der Waals surface area contributed by atoms with Crippen molar-refractivity contribution in [2.45, 2.75) is 6.92 Å². The molecule has 0 aliphatic rings. The van der Waals surface area contributed by atoms with E-state index in [1.807, 2.05) is 18.2 Å². The standard InChI is InChI=1S/C23H17NO3S.Na/c1-14-22(27-28(2,25)26)13-18-8-9-19-20(23(18)24-14)10-7-17-11-15-5-3-4-6-16(15)12-21(17)19;/h3-13H,1-2H3;. The summed E-state index contributed by atoms with van der Waals surface area (Å²) in [6, 6.07) is 22.7. The molecule has 0 unspecified atom stereocenters. The molecular formula is C23H17NNaO3S. The molecule has 4 nitrogen and oxygen atoms in total. The van der Waals surface area contributed by atoms with Crippen LogP contribution in [0.3, 0.4) is 0 Å². The third-order valence-corrected chi connectivity index (χ3v) is 5.53. The molecule has 0 amide bonds. The number of aromatic nitrogens is 1. The van der Waals surface area contributed by atoms with Crippen molar-refractivity contribution >= 4 is 82.9 Å². The molecule has 0 fully saturated rings. The average Bonchev–Trinajstić information content (AvgIpc) is 2.65. The zero-order valence-electron chi connectivity index (χ0n) is 16.4. The van der Waals surface area contributed by atoms with E-state index in [-0.39, 0.29) is 35.3 Å². The van der Waals surface area contributed by atoms with E-state index in [1.54, 1.807) is 13.0 Å². The first kappa shape index (κ1) is 20.1. The fourth-order valence-electron chi connectivity index (χ4n) is 3.79. The van der Waals surface area contributed by atoms with Crippen molar-refractivity contribution in [1.82, 2.24) is 4.98 Å². The van der Waals surface area contributed by atoms with Crippen molar-refractivity contribution in [3.05, 3.63) is 72.4 Å². The summed E-state index contributed by atoms with van der Waals surface area (Å²) in [5, 5.41) is 7.77. The maximum atomic E-state index is 11.5. The van der Waals surface area contributed by atoms with Gasteiger partial charge in [0.2, 0.25) is 0 Å². The summed E-state index contributed by atoms with van der Waals surface area (Å²) in [6.45, 7) is 1.76. The molecule has 6 heteroatoms. The van der Waals surface area contributed by atoms with E-state index in [2.05, 4.69) is 47.4 Å². The van der Waals surface area contributed by atoms with Crippen LogP contribution in [-0.2, 0) is 10.1 Å². The van der Waals surface area contributed by atoms with Gasteiger partial charge in [-0.15, -0.1) is 0 Å². The van der Waals surface area contributed by atoms with Crippen molar-refractivity contribution in [2.75, 3.05) is 6.26 Å². The van der Waals surface area contributed by atoms with Gasteiger partial charge in [0.15, 0.2) is 5.75 Å². The predicted molar refractivity (Wildman–Crippen MR) is 120 cm³/mol. The second-order valence-corrected chi connectivity index (χ2v) is 8.65. The Morgan fingerprint density at radius 3 is 2.14 bits per heavy atom. The minimum Gasteiger partial charge on any atom is -0.381 e. The van der Waals surface area contributed by atoms with Gasteiger partial charge in [-0.25, -0.2) is 4.98 Å². The van der Waals surface area contributed by atoms with Gasteiger partial charge < -0.3 is 4.18 Å². The Hall–Kier alpha value is -2.18. The number of rotatable bonds is 2. The van der Waals surface area contributed by atoms with Crippen molar-refractivity contribution < 1.29 is 12.6 Å². The molecule has 0 N–H and O–H groups in total. The van der Waals surface area contributed by atoms with E-state index in [9.17, 15) is 8.42 Å². The molecule has 0 aliphatic carbocycles. The van der Waals surface area contributed by atoms with Gasteiger partial charge in [-0.3, -0.25) is 0 Å². The summed E-state index contributed by atoms with van der Waals surface area (Å²) >= 11 is 0. The SMILES string of the molecule is Cc1nc2c(ccc3c4cc5ccccc5cc4ccc32)cc1OS(C)(=O)=O.[Na]. The summed E-state index contributed by atoms with van der Waals surface area (Å²) in [5.74, 6) is 0.265. The van der Waals surface area contributed by atoms with Crippen LogP contribution in [0.4, 0.5) is 0 Å². The minimum absolute atomic E-state index is 0. The summed E-state index contributed by atoms with van der Waals surface area (Å²) in [6.07, 6.45) is 1.04. The Morgan fingerprint density at radius 2 is 1.41 bits per heavy atom. The van der Waals surface area contributed by atoms with E-state index in [0.717, 1.165) is 27.9 Å². The molecule has 29 heavy (non-hydrogen) atoms. The average molecular weight is 410 g/mol. The van der Waals surface area contributed by atoms with Gasteiger partial charge >= 0.3 is 10.1 Å². The van der Waals surface area contributed by atoms with Crippen LogP contribution < -0.4 is 4.18 Å². The number of aryl methyl sites for hydroxylation is 1. The van der Waals surface area contributed by atoms with E-state index >= 15 is 0 Å². The summed E-state index contributed by atoms with van der Waals surface area (Å²) in [7, 11) is -3.60. The van der Waals surface area contributed by atoms with Crippen LogP contribution in [0.25, 0.3) is 43.2 Å². The molecule has 0 saturated carbocycles. The van der Waals surface area contributed by atoms with Crippen molar-refractivity contribution in [1.29, 1.82) is 0 Å². The Kier molecular flexibility index (Phi) is 5.03. The number of hydrogen-bond acceptors (Lipinski definition) is 4. The molecule has 0 aliphatic heterocycles. The minimum atomic E-state index is -3.60. The van der Waals surface area contributed by atoms with E-state index in [4.69, 9.17) is 4.18 Å². The number of nitrogens with zero attached hydrogens (tertiary/aromatic N) is 1. The summed E-state index contributed by atoms with van der Waals surface area (Å²) in [4.78, 5) is 4.67. The molecule has 0 atom stereocenters. The van der Waals surface area contributed by atoms with Crippen molar-refractivity contribution in [3.63, 3.8) is 0 Å². The number of pyridine rings is 1. The maximum absolute atomic E-state index is 11.5. The zero-order chi connectivity index (χ0) is 19.5. The maximum Gasteiger partial charge on any atom is 0.306 e. The first-order valence-corrected chi connectivity index (χ1v) is 10.8. The van der Waals surface area contributed by atoms with Gasteiger partial charge in [0.1, 0.15) is 0 Å². The summed E-state index contributed by atoms with van der Waals surface area (Å²) < 4.78 is 28.1. The molecule has 1 radical (unpaired) electrons. The second-order valence-electron chi connectivity index (χ2n) is 7.08. The van der Waals surface area contributed by atoms with E-state index < -0.39 is 10.1 Å². The van der Waals surface area contributed by atoms with Gasteiger partial charge in [-0.2, -0.15) is 8.42 Å². The first-order chi connectivity index (χ1) is 13.4. The summed E-state index contributed by atoms with van der Waals surface area (Å²) in [5.41, 5.74) is 1.38. The van der Waals surface area contributed by atoms with Crippen molar-refractivity contribution in [2.24, 2.45) is 0 Å². The molecule has 0 bridgehead atoms. The van der Waals surface area contributed by atoms with Crippen LogP contribution in [0.5, 0.6) is 5.75 Å². The van der Waals surface area contributed by atoms with Gasteiger partial charge in [0.25, 0.3) is 0 Å². The topological polar surface area (TPSA) is 56.3 Å². The Morgan fingerprint density at radius 1 is 0.759 bits per heavy atom. The number of benzene rings is 4. The smallest absolute Gasteiger partial charge is 0.306 e. The largest absolute Gasteiger partial charge is 0.381 e. The third kappa shape index (κ3) is 3.60. The zero-order valence-corrected chi connectivity index (χ0v) is 19.2. The molecule has 5 rings (SSSR count). The van der Waals surface area contributed by atoms with Crippen LogP contribution in [0.2, 0.25) is 0 Å². The van der Waals surface area contributed by atoms with Crippen LogP contribution in [0.1, 0.15) is 5.69 Å². The quantitative estimate of drug-likeness (QED) is 0.179. The fraction of sp³-hybridized carbons (Fsp3) is 0.0870. The monoisotopic (exact) mass is 410 g/mol. The molecule has 4 aromatic carbocycles. The number of hydrogen-bond donors (Lipinski definition) is 0. The van der Waals surface area contributed by atoms with Gasteiger partial charge in [-0.1, -0.05) is 48.5 Å². The Bertz CT molecular complexity index is 1530. The predicted octanol–water partition coefficient (Wildman–Crippen LogP) is 4.96. The van der Waals surface area contributed by atoms with E-state index in [1.165, 1.54) is 21.5 Å². The molecule has 1 heterocycles. The van der Waals surface area contributed by atoms with Crippen LogP contribution in [0.15, 0.2) is 66.7 Å². The molecule has 0 saturated heterocycles. The van der Waals surface area contributed by atoms with Crippen LogP contribution >= 0.6 is 0 Å². The van der Waals surface area contributed by atoms with Gasteiger partial charge in [0.05, 0.1) is 17.5 Å². The normalized spacial score (nSPS) is 11.8. The van der Waals surface area contributed by atoms with Gasteiger partial charge in [-0.05, 0) is 52.1 Å². The molecule has 5 aromatic rings. The van der Waals surface area contributed by atoms with E-state index in [0.29, 0.717) is 5.69 Å². The van der Waals surface area contributed by atoms with Gasteiger partial charge in [0, 0.05) is 40.3 Å². The first-order valence-electron chi connectivity index (χ1n) is 8.94. The second kappa shape index (κ2) is 7.26. The van der Waals surface area contributed by atoms with Crippen molar-refractivity contribution in [3.8, 4) is 5.75 Å². The number of fused-ring (bicyclic) bond motifs is 6. The molecule has 0 spiro atoms. The third-order valence-electron chi connectivity index (χ3n) is 5.05. The fourth-order valence-corrected chi connectivity index (χ4v) is 4.28.